The highest BCUT2D eigenvalue weighted by Gasteiger charge is 2.24. The number of likely N-dealkylation sites (tertiary alicyclic amines) is 1. The number of rotatable bonds is 3. The maximum atomic E-state index is 11.6. The standard InChI is InChI=1S/C14H20ClN3O/c1-17-14(19)10-4-6-18(7-5-10)9-11-2-3-12(16)8-13(11)15/h2-3,8,10H,4-7,9,16H2,1H3,(H,17,19). The summed E-state index contributed by atoms with van der Waals surface area (Å²) in [6.45, 7) is 2.68. The first-order valence-electron chi connectivity index (χ1n) is 6.58. The molecular formula is C14H20ClN3O. The number of nitrogens with zero attached hydrogens (tertiary/aromatic N) is 1. The van der Waals surface area contributed by atoms with Gasteiger partial charge in [0, 0.05) is 30.2 Å². The van der Waals surface area contributed by atoms with Crippen LogP contribution in [0.4, 0.5) is 5.69 Å². The van der Waals surface area contributed by atoms with Gasteiger partial charge in [-0.05, 0) is 43.6 Å². The number of nitrogens with one attached hydrogen (secondary N) is 1. The highest BCUT2D eigenvalue weighted by atomic mass is 35.5. The van der Waals surface area contributed by atoms with Crippen molar-refractivity contribution in [2.75, 3.05) is 25.9 Å². The van der Waals surface area contributed by atoms with Crippen molar-refractivity contribution in [3.63, 3.8) is 0 Å². The molecule has 0 unspecified atom stereocenters. The highest BCUT2D eigenvalue weighted by molar-refractivity contribution is 6.31. The van der Waals surface area contributed by atoms with E-state index in [0.29, 0.717) is 10.7 Å². The molecular weight excluding hydrogens is 262 g/mol. The molecule has 0 aromatic heterocycles. The molecule has 1 aliphatic heterocycles. The molecule has 1 aromatic rings. The van der Waals surface area contributed by atoms with Crippen molar-refractivity contribution in [1.82, 2.24) is 10.2 Å². The maximum Gasteiger partial charge on any atom is 0.222 e. The third kappa shape index (κ3) is 3.61. The van der Waals surface area contributed by atoms with Gasteiger partial charge in [0.1, 0.15) is 0 Å². The van der Waals surface area contributed by atoms with Crippen LogP contribution < -0.4 is 11.1 Å². The number of hydrogen-bond acceptors (Lipinski definition) is 3. The van der Waals surface area contributed by atoms with E-state index < -0.39 is 0 Å². The molecule has 0 aliphatic carbocycles. The summed E-state index contributed by atoms with van der Waals surface area (Å²) in [6.07, 6.45) is 1.82. The number of nitrogens with two attached hydrogens (primary N) is 1. The van der Waals surface area contributed by atoms with Gasteiger partial charge in [-0.1, -0.05) is 17.7 Å². The second-order valence-electron chi connectivity index (χ2n) is 5.02. The van der Waals surface area contributed by atoms with E-state index in [9.17, 15) is 4.79 Å². The fourth-order valence-corrected chi connectivity index (χ4v) is 2.74. The van der Waals surface area contributed by atoms with Crippen LogP contribution in [0.3, 0.4) is 0 Å². The second-order valence-corrected chi connectivity index (χ2v) is 5.42. The molecule has 3 N–H and O–H groups in total. The molecule has 0 radical (unpaired) electrons. The van der Waals surface area contributed by atoms with Gasteiger partial charge in [0.15, 0.2) is 0 Å². The first kappa shape index (κ1) is 14.2. The number of amides is 1. The summed E-state index contributed by atoms with van der Waals surface area (Å²) in [4.78, 5) is 13.9. The Kier molecular flexibility index (Phi) is 4.66. The number of piperidine rings is 1. The third-order valence-electron chi connectivity index (χ3n) is 3.68. The molecule has 1 heterocycles. The number of halogens is 1. The fourth-order valence-electron chi connectivity index (χ4n) is 2.49. The van der Waals surface area contributed by atoms with E-state index in [1.165, 1.54) is 0 Å². The fraction of sp³-hybridized carbons (Fsp3) is 0.500. The molecule has 0 spiro atoms. The maximum absolute atomic E-state index is 11.6. The minimum Gasteiger partial charge on any atom is -0.399 e. The van der Waals surface area contributed by atoms with Crippen molar-refractivity contribution in [3.05, 3.63) is 28.8 Å². The predicted molar refractivity (Wildman–Crippen MR) is 77.9 cm³/mol. The molecule has 4 nitrogen and oxygen atoms in total. The van der Waals surface area contributed by atoms with E-state index in [-0.39, 0.29) is 11.8 Å². The quantitative estimate of drug-likeness (QED) is 0.832. The van der Waals surface area contributed by atoms with Gasteiger partial charge >= 0.3 is 0 Å². The Morgan fingerprint density at radius 1 is 1.47 bits per heavy atom. The number of anilines is 1. The van der Waals surface area contributed by atoms with Gasteiger partial charge in [0.2, 0.25) is 5.91 Å². The zero-order valence-electron chi connectivity index (χ0n) is 11.2. The largest absolute Gasteiger partial charge is 0.399 e. The number of carbonyl (C=O) groups excluding carboxylic acids is 1. The molecule has 0 bridgehead atoms. The number of hydrogen-bond donors (Lipinski definition) is 2. The highest BCUT2D eigenvalue weighted by Crippen LogP contribution is 2.24. The van der Waals surface area contributed by atoms with Crippen LogP contribution in [0.25, 0.3) is 0 Å². The van der Waals surface area contributed by atoms with Crippen molar-refractivity contribution < 1.29 is 4.79 Å². The first-order valence-corrected chi connectivity index (χ1v) is 6.96. The lowest BCUT2D eigenvalue weighted by molar-refractivity contribution is -0.125. The van der Waals surface area contributed by atoms with E-state index >= 15 is 0 Å². The Morgan fingerprint density at radius 2 is 2.16 bits per heavy atom. The summed E-state index contributed by atoms with van der Waals surface area (Å²) in [7, 11) is 1.70. The van der Waals surface area contributed by atoms with E-state index in [1.54, 1.807) is 13.1 Å². The van der Waals surface area contributed by atoms with Crippen molar-refractivity contribution in [2.45, 2.75) is 19.4 Å². The van der Waals surface area contributed by atoms with Crippen LogP contribution in [0.5, 0.6) is 0 Å². The summed E-state index contributed by atoms with van der Waals surface area (Å²) in [5.41, 5.74) is 7.46. The lowest BCUT2D eigenvalue weighted by atomic mass is 9.95. The van der Waals surface area contributed by atoms with E-state index in [1.807, 2.05) is 12.1 Å². The van der Waals surface area contributed by atoms with Crippen LogP contribution in [0.1, 0.15) is 18.4 Å². The van der Waals surface area contributed by atoms with E-state index in [4.69, 9.17) is 17.3 Å². The molecule has 19 heavy (non-hydrogen) atoms. The zero-order valence-corrected chi connectivity index (χ0v) is 11.9. The number of carbonyl (C=O) groups is 1. The molecule has 104 valence electrons. The minimum atomic E-state index is 0.156. The van der Waals surface area contributed by atoms with Gasteiger partial charge in [0.05, 0.1) is 0 Å². The van der Waals surface area contributed by atoms with Gasteiger partial charge in [-0.15, -0.1) is 0 Å². The van der Waals surface area contributed by atoms with Gasteiger partial charge in [-0.3, -0.25) is 9.69 Å². The van der Waals surface area contributed by atoms with Crippen LogP contribution in [-0.4, -0.2) is 30.9 Å². The molecule has 1 aromatic carbocycles. The molecule has 1 saturated heterocycles. The van der Waals surface area contributed by atoms with Crippen molar-refractivity contribution in [3.8, 4) is 0 Å². The lowest BCUT2D eigenvalue weighted by Gasteiger charge is -2.31. The van der Waals surface area contributed by atoms with Crippen LogP contribution in [0.2, 0.25) is 5.02 Å². The second kappa shape index (κ2) is 6.26. The van der Waals surface area contributed by atoms with Crippen LogP contribution in [0.15, 0.2) is 18.2 Å². The Bertz CT molecular complexity index is 456. The first-order chi connectivity index (χ1) is 9.10. The van der Waals surface area contributed by atoms with Gasteiger partial charge < -0.3 is 11.1 Å². The van der Waals surface area contributed by atoms with Crippen molar-refractivity contribution >= 4 is 23.2 Å². The van der Waals surface area contributed by atoms with Crippen molar-refractivity contribution in [2.24, 2.45) is 5.92 Å². The molecule has 1 amide bonds. The summed E-state index contributed by atoms with van der Waals surface area (Å²) in [5, 5.41) is 3.44. The molecule has 1 fully saturated rings. The molecule has 2 rings (SSSR count). The average Bonchev–Trinajstić information content (AvgIpc) is 2.42. The average molecular weight is 282 g/mol. The summed E-state index contributed by atoms with van der Waals surface area (Å²) >= 11 is 6.18. The van der Waals surface area contributed by atoms with Gasteiger partial charge in [-0.25, -0.2) is 0 Å². The lowest BCUT2D eigenvalue weighted by Crippen LogP contribution is -2.39. The predicted octanol–water partition coefficient (Wildman–Crippen LogP) is 1.88. The SMILES string of the molecule is CNC(=O)C1CCN(Cc2ccc(N)cc2Cl)CC1. The van der Waals surface area contributed by atoms with Gasteiger partial charge in [-0.2, -0.15) is 0 Å². The Balaban J connectivity index is 1.90. The van der Waals surface area contributed by atoms with Crippen LogP contribution in [-0.2, 0) is 11.3 Å². The third-order valence-corrected chi connectivity index (χ3v) is 4.03. The van der Waals surface area contributed by atoms with E-state index in [0.717, 1.165) is 38.0 Å². The zero-order chi connectivity index (χ0) is 13.8. The summed E-state index contributed by atoms with van der Waals surface area (Å²) < 4.78 is 0. The Morgan fingerprint density at radius 3 is 2.74 bits per heavy atom. The minimum absolute atomic E-state index is 0.156. The van der Waals surface area contributed by atoms with E-state index in [2.05, 4.69) is 10.2 Å². The monoisotopic (exact) mass is 281 g/mol. The Labute approximate surface area is 118 Å². The molecule has 5 heteroatoms. The number of nitrogen functional groups attached to an aromatic ring is 1. The van der Waals surface area contributed by atoms with Crippen LogP contribution in [0, 0.1) is 5.92 Å². The van der Waals surface area contributed by atoms with Crippen molar-refractivity contribution in [1.29, 1.82) is 0 Å². The Hall–Kier alpha value is -1.26. The smallest absolute Gasteiger partial charge is 0.222 e. The molecule has 0 atom stereocenters. The summed E-state index contributed by atoms with van der Waals surface area (Å²) in [6, 6.07) is 5.63. The topological polar surface area (TPSA) is 58.4 Å². The van der Waals surface area contributed by atoms with Crippen LogP contribution >= 0.6 is 11.6 Å². The summed E-state index contributed by atoms with van der Waals surface area (Å²) in [5.74, 6) is 0.313. The molecule has 0 saturated carbocycles. The van der Waals surface area contributed by atoms with Gasteiger partial charge in [0.25, 0.3) is 0 Å². The molecule has 1 aliphatic rings. The number of benzene rings is 1. The normalized spacial score (nSPS) is 17.4.